The number of para-hydroxylation sites is 2. The minimum absolute atomic E-state index is 0.263. The fraction of sp³-hybridized carbons (Fsp3) is 0.278. The number of anilines is 1. The molecule has 0 aliphatic carbocycles. The summed E-state index contributed by atoms with van der Waals surface area (Å²) in [4.78, 5) is 12.0. The number of hydrogen-bond acceptors (Lipinski definition) is 3. The number of methoxy groups -OCH3 is 2. The largest absolute Gasteiger partial charge is 0.496 e. The number of rotatable bonds is 6. The predicted molar refractivity (Wildman–Crippen MR) is 91.5 cm³/mol. The second-order valence-electron chi connectivity index (χ2n) is 5.15. The standard InChI is InChI=1S/C18H22N2O3/c1-13-8-9-16(22-2)14(12-13)10-11-19-18(21)20-15-6-4-5-7-17(15)23-3/h4-9,12H,10-11H2,1-3H3,(H2,19,20,21). The molecule has 2 rings (SSSR count). The van der Waals surface area contributed by atoms with Crippen molar-refractivity contribution in [2.45, 2.75) is 13.3 Å². The Balaban J connectivity index is 1.89. The van der Waals surface area contributed by atoms with E-state index in [0.717, 1.165) is 11.3 Å². The third-order valence-electron chi connectivity index (χ3n) is 3.47. The topological polar surface area (TPSA) is 59.6 Å². The Kier molecular flexibility index (Phi) is 5.86. The van der Waals surface area contributed by atoms with Crippen LogP contribution in [-0.4, -0.2) is 26.8 Å². The summed E-state index contributed by atoms with van der Waals surface area (Å²) in [6.45, 7) is 2.55. The highest BCUT2D eigenvalue weighted by Gasteiger charge is 2.07. The summed E-state index contributed by atoms with van der Waals surface area (Å²) in [6, 6.07) is 13.0. The van der Waals surface area contributed by atoms with Gasteiger partial charge in [0.05, 0.1) is 19.9 Å². The van der Waals surface area contributed by atoms with E-state index in [0.29, 0.717) is 24.4 Å². The maximum absolute atomic E-state index is 12.0. The Bertz CT molecular complexity index is 671. The van der Waals surface area contributed by atoms with Crippen LogP contribution in [0.15, 0.2) is 42.5 Å². The highest BCUT2D eigenvalue weighted by atomic mass is 16.5. The normalized spacial score (nSPS) is 10.0. The maximum Gasteiger partial charge on any atom is 0.319 e. The molecule has 23 heavy (non-hydrogen) atoms. The van der Waals surface area contributed by atoms with E-state index in [2.05, 4.69) is 16.7 Å². The molecule has 0 fully saturated rings. The number of carbonyl (C=O) groups excluding carboxylic acids is 1. The van der Waals surface area contributed by atoms with Crippen LogP contribution in [0.3, 0.4) is 0 Å². The first-order valence-corrected chi connectivity index (χ1v) is 7.45. The van der Waals surface area contributed by atoms with E-state index in [4.69, 9.17) is 9.47 Å². The van der Waals surface area contributed by atoms with E-state index in [1.165, 1.54) is 5.56 Å². The van der Waals surface area contributed by atoms with Gasteiger partial charge < -0.3 is 20.1 Å². The first-order valence-electron chi connectivity index (χ1n) is 7.45. The fourth-order valence-corrected chi connectivity index (χ4v) is 2.33. The van der Waals surface area contributed by atoms with E-state index >= 15 is 0 Å². The van der Waals surface area contributed by atoms with Gasteiger partial charge in [-0.2, -0.15) is 0 Å². The number of aryl methyl sites for hydroxylation is 1. The molecule has 0 radical (unpaired) electrons. The third kappa shape index (κ3) is 4.64. The molecule has 2 amide bonds. The van der Waals surface area contributed by atoms with Crippen LogP contribution < -0.4 is 20.1 Å². The number of nitrogens with one attached hydrogen (secondary N) is 2. The lowest BCUT2D eigenvalue weighted by Gasteiger charge is -2.12. The van der Waals surface area contributed by atoms with Gasteiger partial charge >= 0.3 is 6.03 Å². The van der Waals surface area contributed by atoms with Gasteiger partial charge in [-0.25, -0.2) is 4.79 Å². The van der Waals surface area contributed by atoms with Gasteiger partial charge in [0.25, 0.3) is 0 Å². The van der Waals surface area contributed by atoms with Crippen LogP contribution in [0.2, 0.25) is 0 Å². The average molecular weight is 314 g/mol. The molecule has 0 aliphatic heterocycles. The molecule has 0 unspecified atom stereocenters. The zero-order chi connectivity index (χ0) is 16.7. The predicted octanol–water partition coefficient (Wildman–Crippen LogP) is 3.38. The quantitative estimate of drug-likeness (QED) is 0.859. The molecule has 0 saturated heterocycles. The molecular weight excluding hydrogens is 292 g/mol. The van der Waals surface area contributed by atoms with Crippen LogP contribution in [0.1, 0.15) is 11.1 Å². The van der Waals surface area contributed by atoms with Gasteiger partial charge in [-0.05, 0) is 37.1 Å². The number of benzene rings is 2. The second kappa shape index (κ2) is 8.08. The highest BCUT2D eigenvalue weighted by Crippen LogP contribution is 2.23. The van der Waals surface area contributed by atoms with E-state index in [1.54, 1.807) is 26.4 Å². The monoisotopic (exact) mass is 314 g/mol. The van der Waals surface area contributed by atoms with Crippen molar-refractivity contribution in [1.29, 1.82) is 0 Å². The van der Waals surface area contributed by atoms with Crippen LogP contribution in [-0.2, 0) is 6.42 Å². The summed E-state index contributed by atoms with van der Waals surface area (Å²) in [5, 5.41) is 5.62. The lowest BCUT2D eigenvalue weighted by atomic mass is 10.1. The molecule has 2 aromatic rings. The maximum atomic E-state index is 12.0. The lowest BCUT2D eigenvalue weighted by Crippen LogP contribution is -2.30. The first-order chi connectivity index (χ1) is 11.1. The summed E-state index contributed by atoms with van der Waals surface area (Å²) in [7, 11) is 3.22. The van der Waals surface area contributed by atoms with Gasteiger partial charge in [0.2, 0.25) is 0 Å². The van der Waals surface area contributed by atoms with Crippen LogP contribution >= 0.6 is 0 Å². The zero-order valence-electron chi connectivity index (χ0n) is 13.7. The van der Waals surface area contributed by atoms with Crippen molar-refractivity contribution < 1.29 is 14.3 Å². The molecule has 5 nitrogen and oxygen atoms in total. The smallest absolute Gasteiger partial charge is 0.319 e. The molecular formula is C18H22N2O3. The lowest BCUT2D eigenvalue weighted by molar-refractivity contribution is 0.252. The van der Waals surface area contributed by atoms with E-state index in [1.807, 2.05) is 31.2 Å². The van der Waals surface area contributed by atoms with Crippen molar-refractivity contribution in [2.24, 2.45) is 0 Å². The minimum atomic E-state index is -0.263. The Morgan fingerprint density at radius 1 is 1.04 bits per heavy atom. The first kappa shape index (κ1) is 16.7. The van der Waals surface area contributed by atoms with Crippen LogP contribution in [0, 0.1) is 6.92 Å². The molecule has 0 atom stereocenters. The Hall–Kier alpha value is -2.69. The zero-order valence-corrected chi connectivity index (χ0v) is 13.7. The molecule has 0 saturated carbocycles. The molecule has 0 aliphatic rings. The summed E-state index contributed by atoms with van der Waals surface area (Å²) in [6.07, 6.45) is 0.699. The van der Waals surface area contributed by atoms with E-state index < -0.39 is 0 Å². The highest BCUT2D eigenvalue weighted by molar-refractivity contribution is 5.90. The van der Waals surface area contributed by atoms with Gasteiger partial charge in [-0.15, -0.1) is 0 Å². The number of urea groups is 1. The van der Waals surface area contributed by atoms with Crippen molar-refractivity contribution >= 4 is 11.7 Å². The van der Waals surface area contributed by atoms with Crippen LogP contribution in [0.5, 0.6) is 11.5 Å². The molecule has 0 bridgehead atoms. The Morgan fingerprint density at radius 2 is 1.78 bits per heavy atom. The summed E-state index contributed by atoms with van der Waals surface area (Å²) < 4.78 is 10.5. The van der Waals surface area contributed by atoms with E-state index in [9.17, 15) is 4.79 Å². The van der Waals surface area contributed by atoms with Crippen molar-refractivity contribution in [1.82, 2.24) is 5.32 Å². The molecule has 0 heterocycles. The Labute approximate surface area is 136 Å². The van der Waals surface area contributed by atoms with Gasteiger partial charge in [0, 0.05) is 6.54 Å². The molecule has 2 N–H and O–H groups in total. The van der Waals surface area contributed by atoms with Crippen molar-refractivity contribution in [2.75, 3.05) is 26.1 Å². The molecule has 0 spiro atoms. The number of carbonyl (C=O) groups is 1. The van der Waals surface area contributed by atoms with Crippen molar-refractivity contribution in [3.8, 4) is 11.5 Å². The minimum Gasteiger partial charge on any atom is -0.496 e. The number of ether oxygens (including phenoxy) is 2. The van der Waals surface area contributed by atoms with Gasteiger partial charge in [-0.1, -0.05) is 29.8 Å². The fourth-order valence-electron chi connectivity index (χ4n) is 2.33. The Morgan fingerprint density at radius 3 is 2.52 bits per heavy atom. The molecule has 0 aromatic heterocycles. The van der Waals surface area contributed by atoms with Gasteiger partial charge in [-0.3, -0.25) is 0 Å². The number of hydrogen-bond donors (Lipinski definition) is 2. The molecule has 2 aromatic carbocycles. The number of amides is 2. The van der Waals surface area contributed by atoms with Crippen LogP contribution in [0.4, 0.5) is 10.5 Å². The average Bonchev–Trinajstić information content (AvgIpc) is 2.55. The summed E-state index contributed by atoms with van der Waals surface area (Å²) in [5.74, 6) is 1.46. The molecule has 5 heteroatoms. The second-order valence-corrected chi connectivity index (χ2v) is 5.15. The van der Waals surface area contributed by atoms with Crippen molar-refractivity contribution in [3.05, 3.63) is 53.6 Å². The third-order valence-corrected chi connectivity index (χ3v) is 3.47. The molecule has 122 valence electrons. The van der Waals surface area contributed by atoms with Crippen molar-refractivity contribution in [3.63, 3.8) is 0 Å². The SMILES string of the molecule is COc1ccc(C)cc1CCNC(=O)Nc1ccccc1OC. The van der Waals surface area contributed by atoms with Gasteiger partial charge in [0.1, 0.15) is 11.5 Å². The summed E-state index contributed by atoms with van der Waals surface area (Å²) >= 11 is 0. The summed E-state index contributed by atoms with van der Waals surface area (Å²) in [5.41, 5.74) is 2.88. The van der Waals surface area contributed by atoms with Gasteiger partial charge in [0.15, 0.2) is 0 Å². The van der Waals surface area contributed by atoms with E-state index in [-0.39, 0.29) is 6.03 Å². The van der Waals surface area contributed by atoms with Crippen LogP contribution in [0.25, 0.3) is 0 Å².